The Morgan fingerprint density at radius 3 is 2.90 bits per heavy atom. The summed E-state index contributed by atoms with van der Waals surface area (Å²) in [6, 6.07) is 1.26. The second kappa shape index (κ2) is 4.59. The number of piperidine rings is 1. The van der Waals surface area contributed by atoms with Crippen molar-refractivity contribution in [3.63, 3.8) is 0 Å². The number of imide groups is 1. The minimum atomic E-state index is -0.590. The predicted octanol–water partition coefficient (Wildman–Crippen LogP) is -0.116. The highest BCUT2D eigenvalue weighted by molar-refractivity contribution is 6.04. The second-order valence-corrected chi connectivity index (χ2v) is 4.88. The highest BCUT2D eigenvalue weighted by Crippen LogP contribution is 2.27. The summed E-state index contributed by atoms with van der Waals surface area (Å²) in [5.41, 5.74) is 2.00. The van der Waals surface area contributed by atoms with E-state index in [1.165, 1.54) is 4.90 Å². The molecule has 2 N–H and O–H groups in total. The van der Waals surface area contributed by atoms with Crippen molar-refractivity contribution in [2.75, 3.05) is 12.4 Å². The third-order valence-corrected chi connectivity index (χ3v) is 3.65. The molecule has 3 rings (SSSR count). The Bertz CT molecular complexity index is 614. The summed E-state index contributed by atoms with van der Waals surface area (Å²) >= 11 is 0. The van der Waals surface area contributed by atoms with Crippen LogP contribution in [-0.2, 0) is 16.1 Å². The van der Waals surface area contributed by atoms with Gasteiger partial charge in [-0.05, 0) is 12.5 Å². The van der Waals surface area contributed by atoms with Gasteiger partial charge in [-0.25, -0.2) is 4.98 Å². The molecule has 104 valence electrons. The first-order valence-electron chi connectivity index (χ1n) is 6.41. The lowest BCUT2D eigenvalue weighted by molar-refractivity contribution is -0.136. The summed E-state index contributed by atoms with van der Waals surface area (Å²) in [5, 5.41) is 5.24. The van der Waals surface area contributed by atoms with Gasteiger partial charge in [0, 0.05) is 25.6 Å². The van der Waals surface area contributed by atoms with Crippen molar-refractivity contribution in [1.29, 1.82) is 0 Å². The maximum atomic E-state index is 12.3. The molecule has 1 unspecified atom stereocenters. The highest BCUT2D eigenvalue weighted by atomic mass is 16.2. The molecule has 0 spiro atoms. The van der Waals surface area contributed by atoms with Gasteiger partial charge in [-0.2, -0.15) is 0 Å². The molecule has 20 heavy (non-hydrogen) atoms. The number of aromatic nitrogens is 1. The molecule has 7 nitrogen and oxygen atoms in total. The Hall–Kier alpha value is -2.44. The Labute approximate surface area is 115 Å². The zero-order chi connectivity index (χ0) is 14.3. The number of nitrogens with one attached hydrogen (secondary N) is 2. The van der Waals surface area contributed by atoms with Crippen LogP contribution in [0, 0.1) is 0 Å². The van der Waals surface area contributed by atoms with Gasteiger partial charge in [0.05, 0.1) is 11.9 Å². The Morgan fingerprint density at radius 1 is 1.40 bits per heavy atom. The van der Waals surface area contributed by atoms with Crippen LogP contribution < -0.4 is 10.6 Å². The molecule has 3 amide bonds. The quantitative estimate of drug-likeness (QED) is 0.734. The van der Waals surface area contributed by atoms with Gasteiger partial charge in [-0.3, -0.25) is 19.7 Å². The van der Waals surface area contributed by atoms with Crippen molar-refractivity contribution < 1.29 is 14.4 Å². The third kappa shape index (κ3) is 1.91. The third-order valence-electron chi connectivity index (χ3n) is 3.65. The van der Waals surface area contributed by atoms with Crippen LogP contribution in [0.5, 0.6) is 0 Å². The van der Waals surface area contributed by atoms with Crippen LogP contribution in [0.2, 0.25) is 0 Å². The fraction of sp³-hybridized carbons (Fsp3) is 0.385. The van der Waals surface area contributed by atoms with E-state index in [1.807, 2.05) is 6.07 Å². The van der Waals surface area contributed by atoms with Crippen molar-refractivity contribution in [2.24, 2.45) is 0 Å². The number of fused-ring (bicyclic) bond motifs is 1. The van der Waals surface area contributed by atoms with Crippen molar-refractivity contribution in [3.8, 4) is 0 Å². The van der Waals surface area contributed by atoms with E-state index in [9.17, 15) is 14.4 Å². The predicted molar refractivity (Wildman–Crippen MR) is 69.8 cm³/mol. The molecule has 7 heteroatoms. The Kier molecular flexibility index (Phi) is 2.89. The van der Waals surface area contributed by atoms with E-state index in [4.69, 9.17) is 0 Å². The zero-order valence-corrected chi connectivity index (χ0v) is 11.0. The van der Waals surface area contributed by atoms with E-state index in [0.717, 1.165) is 11.3 Å². The summed E-state index contributed by atoms with van der Waals surface area (Å²) in [6.07, 6.45) is 2.21. The average molecular weight is 274 g/mol. The zero-order valence-electron chi connectivity index (χ0n) is 11.0. The van der Waals surface area contributed by atoms with Crippen LogP contribution in [0.1, 0.15) is 28.9 Å². The molecule has 0 aromatic carbocycles. The molecule has 2 aliphatic heterocycles. The number of amides is 3. The number of hydrogen-bond acceptors (Lipinski definition) is 5. The van der Waals surface area contributed by atoms with Crippen molar-refractivity contribution >= 4 is 23.4 Å². The first-order valence-corrected chi connectivity index (χ1v) is 6.41. The Morgan fingerprint density at radius 2 is 2.20 bits per heavy atom. The molecule has 1 aromatic rings. The molecule has 0 aliphatic carbocycles. The molecule has 2 aliphatic rings. The van der Waals surface area contributed by atoms with Gasteiger partial charge in [-0.1, -0.05) is 0 Å². The molecule has 0 radical (unpaired) electrons. The average Bonchev–Trinajstić information content (AvgIpc) is 2.75. The van der Waals surface area contributed by atoms with Crippen LogP contribution >= 0.6 is 0 Å². The fourth-order valence-electron chi connectivity index (χ4n) is 2.58. The van der Waals surface area contributed by atoms with E-state index in [-0.39, 0.29) is 18.2 Å². The Balaban J connectivity index is 1.86. The highest BCUT2D eigenvalue weighted by Gasteiger charge is 2.39. The van der Waals surface area contributed by atoms with Gasteiger partial charge in [0.15, 0.2) is 0 Å². The normalized spacial score (nSPS) is 21.8. The van der Waals surface area contributed by atoms with E-state index in [1.54, 1.807) is 13.2 Å². The molecule has 3 heterocycles. The van der Waals surface area contributed by atoms with Gasteiger partial charge >= 0.3 is 0 Å². The van der Waals surface area contributed by atoms with Crippen molar-refractivity contribution in [2.45, 2.75) is 25.4 Å². The van der Waals surface area contributed by atoms with Crippen molar-refractivity contribution in [3.05, 3.63) is 23.5 Å². The molecular weight excluding hydrogens is 260 g/mol. The minimum Gasteiger partial charge on any atom is -0.387 e. The summed E-state index contributed by atoms with van der Waals surface area (Å²) in [4.78, 5) is 40.9. The van der Waals surface area contributed by atoms with E-state index >= 15 is 0 Å². The molecule has 1 fully saturated rings. The van der Waals surface area contributed by atoms with Crippen molar-refractivity contribution in [1.82, 2.24) is 15.2 Å². The lowest BCUT2D eigenvalue weighted by Crippen LogP contribution is -2.52. The van der Waals surface area contributed by atoms with Crippen LogP contribution in [0.4, 0.5) is 5.69 Å². The summed E-state index contributed by atoms with van der Waals surface area (Å²) < 4.78 is 0. The second-order valence-electron chi connectivity index (χ2n) is 4.88. The number of anilines is 1. The maximum Gasteiger partial charge on any atom is 0.273 e. The summed E-state index contributed by atoms with van der Waals surface area (Å²) in [7, 11) is 1.78. The van der Waals surface area contributed by atoms with Crippen LogP contribution in [0.15, 0.2) is 12.3 Å². The van der Waals surface area contributed by atoms with E-state index < -0.39 is 11.9 Å². The topological polar surface area (TPSA) is 91.4 Å². The molecule has 1 saturated heterocycles. The van der Waals surface area contributed by atoms with Gasteiger partial charge in [0.1, 0.15) is 11.7 Å². The van der Waals surface area contributed by atoms with Crippen LogP contribution in [0.25, 0.3) is 0 Å². The number of nitrogens with zero attached hydrogens (tertiary/aromatic N) is 2. The lowest BCUT2D eigenvalue weighted by Gasteiger charge is -2.29. The molecular formula is C13H14N4O3. The number of carbonyl (C=O) groups is 3. The smallest absolute Gasteiger partial charge is 0.273 e. The summed E-state index contributed by atoms with van der Waals surface area (Å²) in [6.45, 7) is 0.350. The van der Waals surface area contributed by atoms with Gasteiger partial charge < -0.3 is 10.2 Å². The monoisotopic (exact) mass is 274 g/mol. The molecule has 0 saturated carbocycles. The van der Waals surface area contributed by atoms with Crippen LogP contribution in [-0.4, -0.2) is 40.7 Å². The largest absolute Gasteiger partial charge is 0.387 e. The SMILES string of the molecule is CNc1cnc2c(c1)CN(C1CCC(=O)NC1=O)C2=O. The number of rotatable bonds is 2. The standard InChI is InChI=1S/C13H14N4O3/c1-14-8-4-7-6-17(13(20)11(7)15-5-8)9-2-3-10(18)16-12(9)19/h4-5,9,14H,2-3,6H2,1H3,(H,16,18,19). The van der Waals surface area contributed by atoms with Gasteiger partial charge in [0.2, 0.25) is 11.8 Å². The molecule has 0 bridgehead atoms. The first-order chi connectivity index (χ1) is 9.60. The van der Waals surface area contributed by atoms with Gasteiger partial charge in [0.25, 0.3) is 5.91 Å². The maximum absolute atomic E-state index is 12.3. The first kappa shape index (κ1) is 12.6. The van der Waals surface area contributed by atoms with Gasteiger partial charge in [-0.15, -0.1) is 0 Å². The fourth-order valence-corrected chi connectivity index (χ4v) is 2.58. The number of carbonyl (C=O) groups excluding carboxylic acids is 3. The summed E-state index contributed by atoms with van der Waals surface area (Å²) in [5.74, 6) is -0.945. The van der Waals surface area contributed by atoms with E-state index in [2.05, 4.69) is 15.6 Å². The molecule has 1 aromatic heterocycles. The van der Waals surface area contributed by atoms with Crippen LogP contribution in [0.3, 0.4) is 0 Å². The molecule has 1 atom stereocenters. The van der Waals surface area contributed by atoms with E-state index in [0.29, 0.717) is 18.7 Å². The number of pyridine rings is 1. The minimum absolute atomic E-state index is 0.253. The number of hydrogen-bond donors (Lipinski definition) is 2. The lowest BCUT2D eigenvalue weighted by atomic mass is 10.0.